The van der Waals surface area contributed by atoms with E-state index in [4.69, 9.17) is 0 Å². The van der Waals surface area contributed by atoms with Crippen molar-refractivity contribution in [2.45, 2.75) is 39.2 Å². The van der Waals surface area contributed by atoms with Gasteiger partial charge in [-0.2, -0.15) is 0 Å². The van der Waals surface area contributed by atoms with Crippen molar-refractivity contribution in [3.05, 3.63) is 35.4 Å². The summed E-state index contributed by atoms with van der Waals surface area (Å²) < 4.78 is 0. The van der Waals surface area contributed by atoms with Gasteiger partial charge in [-0.1, -0.05) is 36.8 Å². The number of hydrogen-bond donors (Lipinski definition) is 3. The summed E-state index contributed by atoms with van der Waals surface area (Å²) in [6.45, 7) is 6.07. The lowest BCUT2D eigenvalue weighted by atomic mass is 9.95. The highest BCUT2D eigenvalue weighted by Crippen LogP contribution is 2.09. The Morgan fingerprint density at radius 2 is 1.92 bits per heavy atom. The summed E-state index contributed by atoms with van der Waals surface area (Å²) in [5.74, 6) is 0.233. The van der Waals surface area contributed by atoms with Gasteiger partial charge in [0.1, 0.15) is 0 Å². The first kappa shape index (κ1) is 20.5. The van der Waals surface area contributed by atoms with Gasteiger partial charge in [-0.25, -0.2) is 0 Å². The monoisotopic (exact) mass is 353 g/mol. The van der Waals surface area contributed by atoms with Gasteiger partial charge in [0, 0.05) is 12.5 Å². The first-order chi connectivity index (χ1) is 11.0. The minimum atomic E-state index is -0.104. The minimum Gasteiger partial charge on any atom is -0.351 e. The van der Waals surface area contributed by atoms with Gasteiger partial charge in [-0.05, 0) is 44.3 Å². The van der Waals surface area contributed by atoms with E-state index in [9.17, 15) is 9.59 Å². The van der Waals surface area contributed by atoms with Gasteiger partial charge in [-0.15, -0.1) is 12.4 Å². The Balaban J connectivity index is 0.00000288. The molecule has 0 bridgehead atoms. The standard InChI is InChI=1S/C18H27N3O2.ClH/c1-13-3-5-15(6-4-13)7-8-17(22)20-12-18(23)21-16-9-10-19-11-14(16)2;/h3-6,14,16,19H,7-12H2,1-2H3,(H,20,22)(H,21,23);1H. The van der Waals surface area contributed by atoms with Crippen LogP contribution in [-0.4, -0.2) is 37.5 Å². The summed E-state index contributed by atoms with van der Waals surface area (Å²) in [6, 6.07) is 8.36. The van der Waals surface area contributed by atoms with Crippen LogP contribution in [0.3, 0.4) is 0 Å². The maximum absolute atomic E-state index is 11.9. The summed E-state index contributed by atoms with van der Waals surface area (Å²) in [6.07, 6.45) is 2.04. The summed E-state index contributed by atoms with van der Waals surface area (Å²) in [4.78, 5) is 23.8. The van der Waals surface area contributed by atoms with E-state index in [1.54, 1.807) is 0 Å². The molecule has 1 aromatic carbocycles. The molecule has 5 nitrogen and oxygen atoms in total. The fourth-order valence-corrected chi connectivity index (χ4v) is 2.77. The fraction of sp³-hybridized carbons (Fsp3) is 0.556. The highest BCUT2D eigenvalue weighted by molar-refractivity contribution is 5.85. The van der Waals surface area contributed by atoms with E-state index in [1.165, 1.54) is 5.56 Å². The van der Waals surface area contributed by atoms with Crippen molar-refractivity contribution < 1.29 is 9.59 Å². The summed E-state index contributed by atoms with van der Waals surface area (Å²) >= 11 is 0. The van der Waals surface area contributed by atoms with E-state index >= 15 is 0 Å². The number of amides is 2. The van der Waals surface area contributed by atoms with E-state index in [0.29, 0.717) is 18.8 Å². The van der Waals surface area contributed by atoms with Crippen LogP contribution in [0.15, 0.2) is 24.3 Å². The van der Waals surface area contributed by atoms with Crippen LogP contribution in [0.4, 0.5) is 0 Å². The molecule has 1 aliphatic rings. The predicted molar refractivity (Wildman–Crippen MR) is 98.3 cm³/mol. The molecular weight excluding hydrogens is 326 g/mol. The molecule has 3 N–H and O–H groups in total. The number of piperidine rings is 1. The van der Waals surface area contributed by atoms with E-state index in [2.05, 4.69) is 22.9 Å². The third-order valence-electron chi connectivity index (χ3n) is 4.34. The van der Waals surface area contributed by atoms with Crippen molar-refractivity contribution >= 4 is 24.2 Å². The van der Waals surface area contributed by atoms with Crippen LogP contribution in [0.5, 0.6) is 0 Å². The van der Waals surface area contributed by atoms with Crippen LogP contribution in [-0.2, 0) is 16.0 Å². The molecule has 0 radical (unpaired) electrons. The molecule has 1 aromatic rings. The molecule has 2 atom stereocenters. The van der Waals surface area contributed by atoms with Crippen molar-refractivity contribution in [1.29, 1.82) is 0 Å². The highest BCUT2D eigenvalue weighted by atomic mass is 35.5. The summed E-state index contributed by atoms with van der Waals surface area (Å²) in [7, 11) is 0. The molecule has 1 aliphatic heterocycles. The predicted octanol–water partition coefficient (Wildman–Crippen LogP) is 1.58. The molecule has 0 aromatic heterocycles. The number of carbonyl (C=O) groups excluding carboxylic acids is 2. The van der Waals surface area contributed by atoms with Gasteiger partial charge >= 0.3 is 0 Å². The Hall–Kier alpha value is -1.59. The molecule has 1 fully saturated rings. The Morgan fingerprint density at radius 1 is 1.21 bits per heavy atom. The molecular formula is C18H28ClN3O2. The van der Waals surface area contributed by atoms with E-state index in [1.807, 2.05) is 31.2 Å². The molecule has 0 spiro atoms. The average molecular weight is 354 g/mol. The second kappa shape index (κ2) is 10.3. The smallest absolute Gasteiger partial charge is 0.239 e. The van der Waals surface area contributed by atoms with Gasteiger partial charge in [0.15, 0.2) is 0 Å². The lowest BCUT2D eigenvalue weighted by molar-refractivity contribution is -0.126. The zero-order chi connectivity index (χ0) is 16.7. The summed E-state index contributed by atoms with van der Waals surface area (Å²) in [5, 5.41) is 9.01. The highest BCUT2D eigenvalue weighted by Gasteiger charge is 2.22. The number of halogens is 1. The molecule has 24 heavy (non-hydrogen) atoms. The fourth-order valence-electron chi connectivity index (χ4n) is 2.77. The lowest BCUT2D eigenvalue weighted by Crippen LogP contribution is -2.50. The second-order valence-corrected chi connectivity index (χ2v) is 6.41. The third-order valence-corrected chi connectivity index (χ3v) is 4.34. The van der Waals surface area contributed by atoms with Crippen LogP contribution in [0.2, 0.25) is 0 Å². The second-order valence-electron chi connectivity index (χ2n) is 6.41. The van der Waals surface area contributed by atoms with E-state index < -0.39 is 0 Å². The minimum absolute atomic E-state index is 0. The first-order valence-corrected chi connectivity index (χ1v) is 8.37. The van der Waals surface area contributed by atoms with Crippen molar-refractivity contribution in [2.24, 2.45) is 5.92 Å². The summed E-state index contributed by atoms with van der Waals surface area (Å²) in [5.41, 5.74) is 2.35. The van der Waals surface area contributed by atoms with Gasteiger partial charge < -0.3 is 16.0 Å². The van der Waals surface area contributed by atoms with Crippen molar-refractivity contribution in [3.63, 3.8) is 0 Å². The molecule has 1 heterocycles. The molecule has 2 amide bonds. The largest absolute Gasteiger partial charge is 0.351 e. The number of nitrogens with one attached hydrogen (secondary N) is 3. The van der Waals surface area contributed by atoms with Crippen LogP contribution in [0, 0.1) is 12.8 Å². The average Bonchev–Trinajstić information content (AvgIpc) is 2.54. The first-order valence-electron chi connectivity index (χ1n) is 8.37. The molecule has 0 aliphatic carbocycles. The Kier molecular flexibility index (Phi) is 8.79. The van der Waals surface area contributed by atoms with E-state index in [-0.39, 0.29) is 36.8 Å². The normalized spacial score (nSPS) is 19.9. The van der Waals surface area contributed by atoms with Gasteiger partial charge in [-0.3, -0.25) is 9.59 Å². The number of carbonyl (C=O) groups is 2. The van der Waals surface area contributed by atoms with Crippen molar-refractivity contribution in [3.8, 4) is 0 Å². The number of aryl methyl sites for hydroxylation is 2. The maximum atomic E-state index is 11.9. The number of rotatable bonds is 6. The van der Waals surface area contributed by atoms with E-state index in [0.717, 1.165) is 25.1 Å². The molecule has 2 rings (SSSR count). The Bertz CT molecular complexity index is 534. The SMILES string of the molecule is Cc1ccc(CCC(=O)NCC(=O)NC2CCNCC2C)cc1.Cl. The molecule has 2 unspecified atom stereocenters. The lowest BCUT2D eigenvalue weighted by Gasteiger charge is -2.30. The number of benzene rings is 1. The van der Waals surface area contributed by atoms with Crippen molar-refractivity contribution in [1.82, 2.24) is 16.0 Å². The van der Waals surface area contributed by atoms with Crippen LogP contribution < -0.4 is 16.0 Å². The van der Waals surface area contributed by atoms with Crippen LogP contribution in [0.1, 0.15) is 30.9 Å². The zero-order valence-electron chi connectivity index (χ0n) is 14.4. The third kappa shape index (κ3) is 6.89. The Labute approximate surface area is 150 Å². The topological polar surface area (TPSA) is 70.2 Å². The molecule has 1 saturated heterocycles. The Morgan fingerprint density at radius 3 is 2.58 bits per heavy atom. The van der Waals surface area contributed by atoms with Gasteiger partial charge in [0.2, 0.25) is 11.8 Å². The maximum Gasteiger partial charge on any atom is 0.239 e. The number of hydrogen-bond acceptors (Lipinski definition) is 3. The molecule has 134 valence electrons. The molecule has 0 saturated carbocycles. The van der Waals surface area contributed by atoms with Crippen molar-refractivity contribution in [2.75, 3.05) is 19.6 Å². The zero-order valence-corrected chi connectivity index (χ0v) is 15.2. The van der Waals surface area contributed by atoms with Gasteiger partial charge in [0.05, 0.1) is 6.54 Å². The van der Waals surface area contributed by atoms with Crippen LogP contribution >= 0.6 is 12.4 Å². The van der Waals surface area contributed by atoms with Gasteiger partial charge in [0.25, 0.3) is 0 Å². The quantitative estimate of drug-likeness (QED) is 0.727. The molecule has 6 heteroatoms. The van der Waals surface area contributed by atoms with Crippen LogP contribution in [0.25, 0.3) is 0 Å².